The van der Waals surface area contributed by atoms with E-state index in [4.69, 9.17) is 11.6 Å². The third-order valence-electron chi connectivity index (χ3n) is 3.66. The van der Waals surface area contributed by atoms with Gasteiger partial charge < -0.3 is 9.47 Å². The Bertz CT molecular complexity index is 742. The average Bonchev–Trinajstić information content (AvgIpc) is 3.00. The van der Waals surface area contributed by atoms with Gasteiger partial charge in [0, 0.05) is 30.2 Å². The summed E-state index contributed by atoms with van der Waals surface area (Å²) in [6, 6.07) is 7.50. The molecule has 25 heavy (non-hydrogen) atoms. The summed E-state index contributed by atoms with van der Waals surface area (Å²) in [4.78, 5) is 14.2. The van der Waals surface area contributed by atoms with Gasteiger partial charge in [-0.3, -0.25) is 4.79 Å². The molecule has 0 N–H and O–H groups in total. The highest BCUT2D eigenvalue weighted by atomic mass is 35.5. The Kier molecular flexibility index (Phi) is 7.08. The molecule has 7 heteroatoms. The summed E-state index contributed by atoms with van der Waals surface area (Å²) < 4.78 is 2.01. The minimum Gasteiger partial charge on any atom is -0.338 e. The molecule has 0 bridgehead atoms. The number of benzene rings is 1. The first-order valence-corrected chi connectivity index (χ1v) is 9.56. The fraction of sp³-hybridized carbons (Fsp3) is 0.389. The Balaban J connectivity index is 2.11. The zero-order valence-corrected chi connectivity index (χ0v) is 16.4. The lowest BCUT2D eigenvalue weighted by Crippen LogP contribution is -2.33. The van der Waals surface area contributed by atoms with Crippen molar-refractivity contribution in [2.24, 2.45) is 0 Å². The molecule has 0 spiro atoms. The van der Waals surface area contributed by atoms with Crippen LogP contribution in [0.2, 0.25) is 5.02 Å². The summed E-state index contributed by atoms with van der Waals surface area (Å²) in [6.45, 7) is 11.8. The van der Waals surface area contributed by atoms with E-state index >= 15 is 0 Å². The van der Waals surface area contributed by atoms with Crippen LogP contribution in [-0.4, -0.2) is 44.4 Å². The van der Waals surface area contributed by atoms with E-state index in [9.17, 15) is 4.79 Å². The zero-order chi connectivity index (χ0) is 18.4. The number of carbonyl (C=O) groups is 1. The second kappa shape index (κ2) is 9.06. The van der Waals surface area contributed by atoms with E-state index in [0.717, 1.165) is 28.7 Å². The lowest BCUT2D eigenvalue weighted by atomic mass is 10.2. The highest BCUT2D eigenvalue weighted by Gasteiger charge is 2.17. The van der Waals surface area contributed by atoms with E-state index in [2.05, 4.69) is 16.8 Å². The molecule has 5 nitrogen and oxygen atoms in total. The molecule has 1 aromatic heterocycles. The largest absolute Gasteiger partial charge is 0.338 e. The van der Waals surface area contributed by atoms with Gasteiger partial charge in [-0.2, -0.15) is 0 Å². The number of halogens is 1. The van der Waals surface area contributed by atoms with E-state index in [0.29, 0.717) is 23.9 Å². The molecule has 0 unspecified atom stereocenters. The van der Waals surface area contributed by atoms with Crippen molar-refractivity contribution in [3.8, 4) is 11.4 Å². The quantitative estimate of drug-likeness (QED) is 0.511. The van der Waals surface area contributed by atoms with Crippen LogP contribution in [0.4, 0.5) is 0 Å². The van der Waals surface area contributed by atoms with Crippen LogP contribution in [0.1, 0.15) is 20.8 Å². The molecular weight excluding hydrogens is 356 g/mol. The van der Waals surface area contributed by atoms with Gasteiger partial charge in [0.1, 0.15) is 0 Å². The van der Waals surface area contributed by atoms with Gasteiger partial charge in [0.15, 0.2) is 11.0 Å². The number of aromatic nitrogens is 3. The van der Waals surface area contributed by atoms with Gasteiger partial charge in [-0.1, -0.05) is 35.5 Å². The van der Waals surface area contributed by atoms with Crippen molar-refractivity contribution < 1.29 is 4.79 Å². The number of thioether (sulfide) groups is 1. The molecule has 0 saturated carbocycles. The van der Waals surface area contributed by atoms with Crippen molar-refractivity contribution in [3.63, 3.8) is 0 Å². The number of likely N-dealkylation sites (N-methyl/N-ethyl adjacent to an activating group) is 1. The summed E-state index contributed by atoms with van der Waals surface area (Å²) in [7, 11) is 0. The van der Waals surface area contributed by atoms with Crippen molar-refractivity contribution in [2.75, 3.05) is 18.8 Å². The Labute approximate surface area is 158 Å². The molecule has 2 rings (SSSR count). The van der Waals surface area contributed by atoms with E-state index in [1.54, 1.807) is 4.90 Å². The lowest BCUT2D eigenvalue weighted by Gasteiger charge is -2.20. The second-order valence-electron chi connectivity index (χ2n) is 5.71. The zero-order valence-electron chi connectivity index (χ0n) is 14.8. The summed E-state index contributed by atoms with van der Waals surface area (Å²) in [6.07, 6.45) is 0. The Morgan fingerprint density at radius 2 is 1.96 bits per heavy atom. The molecule has 134 valence electrons. The Hall–Kier alpha value is -1.79. The maximum Gasteiger partial charge on any atom is 0.233 e. The molecule has 0 radical (unpaired) electrons. The van der Waals surface area contributed by atoms with Crippen molar-refractivity contribution in [1.29, 1.82) is 0 Å². The number of carbonyl (C=O) groups excluding carboxylic acids is 1. The Morgan fingerprint density at radius 1 is 1.28 bits per heavy atom. The standard InChI is InChI=1S/C18H23ClN4OS/c1-5-22(11-13(3)4)16(24)12-25-18-21-20-17(23(18)6-2)14-7-9-15(19)10-8-14/h7-10H,3,5-6,11-12H2,1-2,4H3. The molecule has 1 aromatic carbocycles. The first-order chi connectivity index (χ1) is 12.0. The van der Waals surface area contributed by atoms with Crippen LogP contribution in [0, 0.1) is 0 Å². The summed E-state index contributed by atoms with van der Waals surface area (Å²) in [5.41, 5.74) is 1.93. The lowest BCUT2D eigenvalue weighted by molar-refractivity contribution is -0.127. The molecule has 1 heterocycles. The van der Waals surface area contributed by atoms with E-state index in [-0.39, 0.29) is 5.91 Å². The number of hydrogen-bond donors (Lipinski definition) is 0. The fourth-order valence-corrected chi connectivity index (χ4v) is 3.44. The number of hydrogen-bond acceptors (Lipinski definition) is 4. The third kappa shape index (κ3) is 5.09. The minimum atomic E-state index is 0.0780. The SMILES string of the molecule is C=C(C)CN(CC)C(=O)CSc1nnc(-c2ccc(Cl)cc2)n1CC. The van der Waals surface area contributed by atoms with Crippen molar-refractivity contribution >= 4 is 29.3 Å². The smallest absolute Gasteiger partial charge is 0.233 e. The van der Waals surface area contributed by atoms with Crippen LogP contribution in [0.25, 0.3) is 11.4 Å². The number of rotatable bonds is 8. The molecule has 0 aliphatic heterocycles. The van der Waals surface area contributed by atoms with Crippen LogP contribution < -0.4 is 0 Å². The van der Waals surface area contributed by atoms with E-state index < -0.39 is 0 Å². The molecule has 0 saturated heterocycles. The van der Waals surface area contributed by atoms with Gasteiger partial charge in [0.2, 0.25) is 5.91 Å². The van der Waals surface area contributed by atoms with Gasteiger partial charge in [0.05, 0.1) is 5.75 Å². The van der Waals surface area contributed by atoms with Gasteiger partial charge in [-0.05, 0) is 45.0 Å². The number of nitrogens with zero attached hydrogens (tertiary/aromatic N) is 4. The maximum atomic E-state index is 12.4. The molecule has 0 fully saturated rings. The summed E-state index contributed by atoms with van der Waals surface area (Å²) in [5.74, 6) is 1.19. The predicted molar refractivity (Wildman–Crippen MR) is 104 cm³/mol. The van der Waals surface area contributed by atoms with Crippen LogP contribution in [0.3, 0.4) is 0 Å². The fourth-order valence-electron chi connectivity index (χ4n) is 2.41. The van der Waals surface area contributed by atoms with Gasteiger partial charge in [-0.15, -0.1) is 10.2 Å². The van der Waals surface area contributed by atoms with Crippen LogP contribution >= 0.6 is 23.4 Å². The van der Waals surface area contributed by atoms with Crippen LogP contribution in [0.15, 0.2) is 41.6 Å². The first-order valence-electron chi connectivity index (χ1n) is 8.20. The third-order valence-corrected chi connectivity index (χ3v) is 4.86. The molecule has 0 aliphatic carbocycles. The van der Waals surface area contributed by atoms with Crippen molar-refractivity contribution in [3.05, 3.63) is 41.4 Å². The highest BCUT2D eigenvalue weighted by Crippen LogP contribution is 2.25. The number of amides is 1. The molecule has 2 aromatic rings. The molecular formula is C18H23ClN4OS. The molecule has 0 atom stereocenters. The van der Waals surface area contributed by atoms with Gasteiger partial charge in [0.25, 0.3) is 0 Å². The van der Waals surface area contributed by atoms with Crippen LogP contribution in [0.5, 0.6) is 0 Å². The molecule has 0 aliphatic rings. The highest BCUT2D eigenvalue weighted by molar-refractivity contribution is 7.99. The van der Waals surface area contributed by atoms with Crippen molar-refractivity contribution in [2.45, 2.75) is 32.5 Å². The minimum absolute atomic E-state index is 0.0780. The van der Waals surface area contributed by atoms with Gasteiger partial charge >= 0.3 is 0 Å². The van der Waals surface area contributed by atoms with Crippen LogP contribution in [-0.2, 0) is 11.3 Å². The summed E-state index contributed by atoms with van der Waals surface area (Å²) in [5, 5.41) is 9.97. The maximum absolute atomic E-state index is 12.4. The molecule has 1 amide bonds. The first kappa shape index (κ1) is 19.5. The average molecular weight is 379 g/mol. The normalized spacial score (nSPS) is 10.7. The summed E-state index contributed by atoms with van der Waals surface area (Å²) >= 11 is 7.36. The Morgan fingerprint density at radius 3 is 2.52 bits per heavy atom. The van der Waals surface area contributed by atoms with Gasteiger partial charge in [-0.25, -0.2) is 0 Å². The van der Waals surface area contributed by atoms with E-state index in [1.807, 2.05) is 49.6 Å². The monoisotopic (exact) mass is 378 g/mol. The predicted octanol–water partition coefficient (Wildman–Crippen LogP) is 4.14. The topological polar surface area (TPSA) is 51.0 Å². The van der Waals surface area contributed by atoms with Crippen molar-refractivity contribution in [1.82, 2.24) is 19.7 Å². The second-order valence-corrected chi connectivity index (χ2v) is 7.09. The van der Waals surface area contributed by atoms with E-state index in [1.165, 1.54) is 11.8 Å².